The van der Waals surface area contributed by atoms with Crippen molar-refractivity contribution >= 4 is 22.9 Å². The highest BCUT2D eigenvalue weighted by molar-refractivity contribution is 6.01. The fourth-order valence-corrected chi connectivity index (χ4v) is 3.62. The Labute approximate surface area is 187 Å². The van der Waals surface area contributed by atoms with Gasteiger partial charge in [0, 0.05) is 41.2 Å². The van der Waals surface area contributed by atoms with Gasteiger partial charge < -0.3 is 14.9 Å². The molecule has 0 radical (unpaired) electrons. The van der Waals surface area contributed by atoms with E-state index in [9.17, 15) is 23.2 Å². The number of nitrogens with zero attached hydrogens (tertiary/aromatic N) is 2. The molecule has 8 heteroatoms. The lowest BCUT2D eigenvalue weighted by molar-refractivity contribution is -0.137. The molecule has 1 amide bonds. The number of nitrogens with one attached hydrogen (secondary N) is 2. The molecule has 0 aliphatic heterocycles. The number of fused-ring (bicyclic) bond motifs is 1. The summed E-state index contributed by atoms with van der Waals surface area (Å²) in [6.07, 6.45) is 0.934. The summed E-state index contributed by atoms with van der Waals surface area (Å²) in [5, 5.41) is 13.3. The molecule has 2 aromatic heterocycles. The van der Waals surface area contributed by atoms with Gasteiger partial charge in [0.05, 0.1) is 5.56 Å². The maximum Gasteiger partial charge on any atom is 0.416 e. The molecule has 0 aliphatic rings. The lowest BCUT2D eigenvalue weighted by atomic mass is 10.1. The van der Waals surface area contributed by atoms with Gasteiger partial charge in [0.2, 0.25) is 0 Å². The van der Waals surface area contributed by atoms with Crippen molar-refractivity contribution in [3.8, 4) is 11.8 Å². The largest absolute Gasteiger partial charge is 0.416 e. The number of carbonyl (C=O) groups excluding carboxylic acids is 1. The van der Waals surface area contributed by atoms with Gasteiger partial charge in [0.1, 0.15) is 11.6 Å². The van der Waals surface area contributed by atoms with Gasteiger partial charge in [-0.15, -0.1) is 0 Å². The Hall–Kier alpha value is -4.25. The molecule has 0 bridgehead atoms. The SMILES string of the molecule is N#C/C(=C\c1cccn1-c1cccc(C(F)(F)F)c1)C(=O)NCCc1c[nH]c2ccccc12. The van der Waals surface area contributed by atoms with Gasteiger partial charge in [-0.3, -0.25) is 4.79 Å². The van der Waals surface area contributed by atoms with Gasteiger partial charge in [-0.05, 0) is 54.5 Å². The second-order valence-electron chi connectivity index (χ2n) is 7.39. The zero-order chi connectivity index (χ0) is 23.4. The Kier molecular flexibility index (Phi) is 6.05. The minimum Gasteiger partial charge on any atom is -0.361 e. The number of alkyl halides is 3. The van der Waals surface area contributed by atoms with E-state index >= 15 is 0 Å². The van der Waals surface area contributed by atoms with Gasteiger partial charge in [0.15, 0.2) is 0 Å². The highest BCUT2D eigenvalue weighted by Gasteiger charge is 2.30. The normalized spacial score (nSPS) is 12.0. The topological polar surface area (TPSA) is 73.6 Å². The zero-order valence-electron chi connectivity index (χ0n) is 17.4. The van der Waals surface area contributed by atoms with Gasteiger partial charge in [-0.25, -0.2) is 0 Å². The summed E-state index contributed by atoms with van der Waals surface area (Å²) in [4.78, 5) is 15.7. The first kappa shape index (κ1) is 22.0. The first-order valence-electron chi connectivity index (χ1n) is 10.2. The lowest BCUT2D eigenvalue weighted by Crippen LogP contribution is -2.26. The average Bonchev–Trinajstić information content (AvgIpc) is 3.44. The van der Waals surface area contributed by atoms with E-state index in [-0.39, 0.29) is 11.3 Å². The molecule has 0 fully saturated rings. The minimum atomic E-state index is -4.47. The summed E-state index contributed by atoms with van der Waals surface area (Å²) in [5.74, 6) is -0.547. The maximum atomic E-state index is 13.1. The van der Waals surface area contributed by atoms with E-state index in [0.717, 1.165) is 28.6 Å². The standard InChI is InChI=1S/C25H19F3N4O/c26-25(27,28)19-5-3-6-21(14-19)32-12-4-7-20(32)13-18(15-29)24(33)30-11-10-17-16-31-23-9-2-1-8-22(17)23/h1-9,12-14,16,31H,10-11H2,(H,30,33)/b18-13+. The molecule has 0 saturated heterocycles. The van der Waals surface area contributed by atoms with E-state index in [1.807, 2.05) is 36.5 Å². The number of carbonyl (C=O) groups is 1. The molecular weight excluding hydrogens is 429 g/mol. The number of amides is 1. The number of hydrogen-bond acceptors (Lipinski definition) is 2. The molecule has 0 unspecified atom stereocenters. The quantitative estimate of drug-likeness (QED) is 0.313. The number of benzene rings is 2. The molecule has 4 aromatic rings. The molecule has 0 atom stereocenters. The average molecular weight is 448 g/mol. The summed E-state index contributed by atoms with van der Waals surface area (Å²) >= 11 is 0. The van der Waals surface area contributed by atoms with Crippen LogP contribution in [-0.4, -0.2) is 22.0 Å². The van der Waals surface area contributed by atoms with Crippen LogP contribution < -0.4 is 5.32 Å². The Morgan fingerprint density at radius 2 is 1.94 bits per heavy atom. The Morgan fingerprint density at radius 3 is 2.73 bits per heavy atom. The fraction of sp³-hybridized carbons (Fsp3) is 0.120. The smallest absolute Gasteiger partial charge is 0.361 e. The second kappa shape index (κ2) is 9.09. The third-order valence-corrected chi connectivity index (χ3v) is 5.24. The Morgan fingerprint density at radius 1 is 1.12 bits per heavy atom. The number of rotatable bonds is 6. The number of aromatic amines is 1. The van der Waals surface area contributed by atoms with Crippen LogP contribution in [0.25, 0.3) is 22.7 Å². The van der Waals surface area contributed by atoms with Crippen LogP contribution >= 0.6 is 0 Å². The van der Waals surface area contributed by atoms with E-state index in [2.05, 4.69) is 10.3 Å². The van der Waals surface area contributed by atoms with Crippen LogP contribution in [0.15, 0.2) is 78.6 Å². The van der Waals surface area contributed by atoms with Gasteiger partial charge in [0.25, 0.3) is 5.91 Å². The molecule has 166 valence electrons. The molecular formula is C25H19F3N4O. The van der Waals surface area contributed by atoms with Crippen molar-refractivity contribution in [2.75, 3.05) is 6.54 Å². The van der Waals surface area contributed by atoms with Crippen molar-refractivity contribution in [1.29, 1.82) is 5.26 Å². The minimum absolute atomic E-state index is 0.138. The molecule has 2 heterocycles. The predicted molar refractivity (Wildman–Crippen MR) is 119 cm³/mol. The van der Waals surface area contributed by atoms with Crippen LogP contribution in [0.5, 0.6) is 0 Å². The van der Waals surface area contributed by atoms with Crippen molar-refractivity contribution in [3.05, 3.63) is 95.5 Å². The van der Waals surface area contributed by atoms with Crippen LogP contribution in [-0.2, 0) is 17.4 Å². The maximum absolute atomic E-state index is 13.1. The third-order valence-electron chi connectivity index (χ3n) is 5.24. The number of H-pyrrole nitrogens is 1. The van der Waals surface area contributed by atoms with Crippen molar-refractivity contribution in [2.45, 2.75) is 12.6 Å². The number of para-hydroxylation sites is 1. The molecule has 5 nitrogen and oxygen atoms in total. The summed E-state index contributed by atoms with van der Waals surface area (Å²) in [6.45, 7) is 0.328. The van der Waals surface area contributed by atoms with Crippen molar-refractivity contribution in [1.82, 2.24) is 14.9 Å². The number of hydrogen-bond donors (Lipinski definition) is 2. The first-order chi connectivity index (χ1) is 15.9. The monoisotopic (exact) mass is 448 g/mol. The van der Waals surface area contributed by atoms with E-state index < -0.39 is 17.6 Å². The van der Waals surface area contributed by atoms with Crippen LogP contribution in [0.2, 0.25) is 0 Å². The molecule has 4 rings (SSSR count). The molecule has 0 spiro atoms. The fourth-order valence-electron chi connectivity index (χ4n) is 3.62. The van der Waals surface area contributed by atoms with Gasteiger partial charge in [-0.2, -0.15) is 18.4 Å². The highest BCUT2D eigenvalue weighted by Crippen LogP contribution is 2.30. The first-order valence-corrected chi connectivity index (χ1v) is 10.2. The van der Waals surface area contributed by atoms with Gasteiger partial charge >= 0.3 is 6.18 Å². The lowest BCUT2D eigenvalue weighted by Gasteiger charge is -2.11. The van der Waals surface area contributed by atoms with Crippen LogP contribution in [0, 0.1) is 11.3 Å². The second-order valence-corrected chi connectivity index (χ2v) is 7.39. The van der Waals surface area contributed by atoms with Crippen molar-refractivity contribution in [2.24, 2.45) is 0 Å². The van der Waals surface area contributed by atoms with Crippen LogP contribution in [0.1, 0.15) is 16.8 Å². The third kappa shape index (κ3) is 4.83. The molecule has 33 heavy (non-hydrogen) atoms. The Bertz CT molecular complexity index is 1370. The number of halogens is 3. The van der Waals surface area contributed by atoms with E-state index in [4.69, 9.17) is 0 Å². The Balaban J connectivity index is 1.49. The molecule has 0 saturated carbocycles. The van der Waals surface area contributed by atoms with Crippen LogP contribution in [0.3, 0.4) is 0 Å². The van der Waals surface area contributed by atoms with Gasteiger partial charge in [-0.1, -0.05) is 24.3 Å². The van der Waals surface area contributed by atoms with Crippen molar-refractivity contribution in [3.63, 3.8) is 0 Å². The highest BCUT2D eigenvalue weighted by atomic mass is 19.4. The molecule has 0 aliphatic carbocycles. The summed E-state index contributed by atoms with van der Waals surface area (Å²) < 4.78 is 40.7. The number of nitriles is 1. The van der Waals surface area contributed by atoms with E-state index in [0.29, 0.717) is 18.7 Å². The summed E-state index contributed by atoms with van der Waals surface area (Å²) in [7, 11) is 0. The molecule has 2 aromatic carbocycles. The number of aromatic nitrogens is 2. The van der Waals surface area contributed by atoms with E-state index in [1.165, 1.54) is 22.8 Å². The molecule has 2 N–H and O–H groups in total. The van der Waals surface area contributed by atoms with Crippen molar-refractivity contribution < 1.29 is 18.0 Å². The van der Waals surface area contributed by atoms with E-state index in [1.54, 1.807) is 18.3 Å². The summed E-state index contributed by atoms with van der Waals surface area (Å²) in [5.41, 5.74) is 1.83. The summed E-state index contributed by atoms with van der Waals surface area (Å²) in [6, 6.07) is 17.8. The van der Waals surface area contributed by atoms with Crippen LogP contribution in [0.4, 0.5) is 13.2 Å². The predicted octanol–water partition coefficient (Wildman–Crippen LogP) is 5.24. The zero-order valence-corrected chi connectivity index (χ0v) is 17.4.